The molecule has 1 aliphatic carbocycles. The third-order valence-electron chi connectivity index (χ3n) is 12.8. The summed E-state index contributed by atoms with van der Waals surface area (Å²) >= 11 is 0. The molecule has 0 radical (unpaired) electrons. The highest BCUT2D eigenvalue weighted by atomic mass is 16.3. The third-order valence-corrected chi connectivity index (χ3v) is 12.8. The Bertz CT molecular complexity index is 3410. The number of benzene rings is 10. The van der Waals surface area contributed by atoms with Crippen LogP contribution in [0.25, 0.3) is 110 Å². The van der Waals surface area contributed by atoms with E-state index in [0.717, 1.165) is 21.9 Å². The molecule has 58 heavy (non-hydrogen) atoms. The SMILES string of the molecule is CC1(C)c2ccc3ccccc3c2-c2cccc(-c3ccc(-c4c5ccccc5c(-c5cccc(-c6ccc7oc8ccccc8c7c6)c5)c5ccccc45)cc3)c21. The molecule has 0 unspecified atom stereocenters. The van der Waals surface area contributed by atoms with Gasteiger partial charge in [-0.15, -0.1) is 0 Å². The van der Waals surface area contributed by atoms with Crippen LogP contribution in [0.3, 0.4) is 0 Å². The molecule has 12 rings (SSSR count). The van der Waals surface area contributed by atoms with Crippen LogP contribution in [0.5, 0.6) is 0 Å². The Kier molecular flexibility index (Phi) is 7.04. The first-order valence-electron chi connectivity index (χ1n) is 20.3. The zero-order chi connectivity index (χ0) is 38.5. The van der Waals surface area contributed by atoms with Gasteiger partial charge in [-0.1, -0.05) is 184 Å². The molecule has 1 aromatic heterocycles. The summed E-state index contributed by atoms with van der Waals surface area (Å²) in [6.07, 6.45) is 0. The van der Waals surface area contributed by atoms with E-state index in [0.29, 0.717) is 0 Å². The van der Waals surface area contributed by atoms with Gasteiger partial charge >= 0.3 is 0 Å². The van der Waals surface area contributed by atoms with Crippen LogP contribution >= 0.6 is 0 Å². The number of fused-ring (bicyclic) bond motifs is 10. The van der Waals surface area contributed by atoms with Crippen LogP contribution in [-0.2, 0) is 5.41 Å². The van der Waals surface area contributed by atoms with Gasteiger partial charge in [0, 0.05) is 16.2 Å². The van der Waals surface area contributed by atoms with E-state index >= 15 is 0 Å². The second-order valence-electron chi connectivity index (χ2n) is 16.4. The van der Waals surface area contributed by atoms with Crippen LogP contribution in [0, 0.1) is 0 Å². The Balaban J connectivity index is 0.990. The Morgan fingerprint density at radius 3 is 1.60 bits per heavy atom. The van der Waals surface area contributed by atoms with Crippen molar-refractivity contribution in [3.05, 3.63) is 205 Å². The highest BCUT2D eigenvalue weighted by molar-refractivity contribution is 6.21. The lowest BCUT2D eigenvalue weighted by Gasteiger charge is -2.25. The fourth-order valence-corrected chi connectivity index (χ4v) is 10.2. The minimum atomic E-state index is -0.121. The first-order chi connectivity index (χ1) is 28.5. The fourth-order valence-electron chi connectivity index (χ4n) is 10.2. The Morgan fingerprint density at radius 2 is 0.862 bits per heavy atom. The Hall–Kier alpha value is -7.22. The van der Waals surface area contributed by atoms with E-state index in [1.165, 1.54) is 99.1 Å². The van der Waals surface area contributed by atoms with Crippen LogP contribution in [0.4, 0.5) is 0 Å². The summed E-state index contributed by atoms with van der Waals surface area (Å²) in [6.45, 7) is 4.78. The highest BCUT2D eigenvalue weighted by Crippen LogP contribution is 2.54. The topological polar surface area (TPSA) is 13.1 Å². The van der Waals surface area contributed by atoms with Gasteiger partial charge in [0.25, 0.3) is 0 Å². The second kappa shape index (κ2) is 12.4. The number of rotatable bonds is 4. The maximum absolute atomic E-state index is 6.16. The van der Waals surface area contributed by atoms with E-state index in [2.05, 4.69) is 196 Å². The minimum Gasteiger partial charge on any atom is -0.456 e. The molecule has 0 saturated carbocycles. The Morgan fingerprint density at radius 1 is 0.328 bits per heavy atom. The standard InChI is InChI=1S/C57H38O/c1-57(2)50-31-29-35-13-3-4-16-41(35)55(50)48-23-12-22-42(56(48)57)36-25-27-37(28-26-36)53-44-18-5-7-20-46(44)54(47-21-8-6-19-45(47)53)40-15-11-14-38(33-40)39-30-32-52-49(34-39)43-17-9-10-24-51(43)58-52/h3-34H,1-2H3. The maximum atomic E-state index is 6.16. The lowest BCUT2D eigenvalue weighted by molar-refractivity contribution is 0.662. The van der Waals surface area contributed by atoms with Crippen LogP contribution < -0.4 is 0 Å². The summed E-state index contributed by atoms with van der Waals surface area (Å²) in [6, 6.07) is 71.4. The van der Waals surface area contributed by atoms with Crippen LogP contribution in [0.1, 0.15) is 25.0 Å². The smallest absolute Gasteiger partial charge is 0.135 e. The van der Waals surface area contributed by atoms with Crippen molar-refractivity contribution in [2.24, 2.45) is 0 Å². The summed E-state index contributed by atoms with van der Waals surface area (Å²) in [7, 11) is 0. The normalized spacial score (nSPS) is 13.1. The third kappa shape index (κ3) is 4.77. The van der Waals surface area contributed by atoms with Gasteiger partial charge in [0.2, 0.25) is 0 Å². The summed E-state index contributed by atoms with van der Waals surface area (Å²) in [5, 5.41) is 9.92. The highest BCUT2D eigenvalue weighted by Gasteiger charge is 2.38. The van der Waals surface area contributed by atoms with E-state index in [9.17, 15) is 0 Å². The molecule has 0 fully saturated rings. The van der Waals surface area contributed by atoms with Gasteiger partial charge in [-0.25, -0.2) is 0 Å². The molecule has 10 aromatic carbocycles. The molecular formula is C57H38O. The first-order valence-corrected chi connectivity index (χ1v) is 20.3. The van der Waals surface area contributed by atoms with Crippen molar-refractivity contribution >= 4 is 54.3 Å². The molecule has 0 saturated heterocycles. The van der Waals surface area contributed by atoms with Crippen molar-refractivity contribution in [2.75, 3.05) is 0 Å². The molecule has 0 amide bonds. The number of hydrogen-bond donors (Lipinski definition) is 0. The largest absolute Gasteiger partial charge is 0.456 e. The number of hydrogen-bond acceptors (Lipinski definition) is 1. The molecule has 1 aliphatic rings. The molecule has 1 nitrogen and oxygen atoms in total. The van der Waals surface area contributed by atoms with Crippen molar-refractivity contribution in [3.63, 3.8) is 0 Å². The lowest BCUT2D eigenvalue weighted by Crippen LogP contribution is -2.16. The molecule has 1 heteroatoms. The fraction of sp³-hybridized carbons (Fsp3) is 0.0526. The summed E-state index contributed by atoms with van der Waals surface area (Å²) in [5.74, 6) is 0. The summed E-state index contributed by atoms with van der Waals surface area (Å²) in [4.78, 5) is 0. The number of furan rings is 1. The first kappa shape index (κ1) is 33.0. The van der Waals surface area contributed by atoms with E-state index in [1.54, 1.807) is 0 Å². The van der Waals surface area contributed by atoms with Crippen molar-refractivity contribution in [1.82, 2.24) is 0 Å². The molecule has 11 aromatic rings. The zero-order valence-electron chi connectivity index (χ0n) is 32.4. The second-order valence-corrected chi connectivity index (χ2v) is 16.4. The van der Waals surface area contributed by atoms with Crippen LogP contribution in [0.2, 0.25) is 0 Å². The van der Waals surface area contributed by atoms with Crippen molar-refractivity contribution in [2.45, 2.75) is 19.3 Å². The molecule has 272 valence electrons. The van der Waals surface area contributed by atoms with Gasteiger partial charge in [0.05, 0.1) is 0 Å². The van der Waals surface area contributed by atoms with Gasteiger partial charge in [-0.05, 0) is 123 Å². The van der Waals surface area contributed by atoms with Gasteiger partial charge in [-0.2, -0.15) is 0 Å². The predicted octanol–water partition coefficient (Wildman–Crippen LogP) is 16.0. The molecule has 0 spiro atoms. The molecule has 0 atom stereocenters. The quantitative estimate of drug-likeness (QED) is 0.164. The zero-order valence-corrected chi connectivity index (χ0v) is 32.4. The predicted molar refractivity (Wildman–Crippen MR) is 246 cm³/mol. The van der Waals surface area contributed by atoms with E-state index in [1.807, 2.05) is 12.1 Å². The van der Waals surface area contributed by atoms with Crippen molar-refractivity contribution in [3.8, 4) is 55.6 Å². The van der Waals surface area contributed by atoms with E-state index < -0.39 is 0 Å². The molecule has 1 heterocycles. The molecule has 0 N–H and O–H groups in total. The van der Waals surface area contributed by atoms with Crippen molar-refractivity contribution in [1.29, 1.82) is 0 Å². The Labute approximate surface area is 337 Å². The van der Waals surface area contributed by atoms with Gasteiger partial charge in [-0.3, -0.25) is 0 Å². The van der Waals surface area contributed by atoms with Crippen LogP contribution in [0.15, 0.2) is 199 Å². The average Bonchev–Trinajstić information content (AvgIpc) is 3.77. The summed E-state index contributed by atoms with van der Waals surface area (Å²) < 4.78 is 6.16. The maximum Gasteiger partial charge on any atom is 0.135 e. The summed E-state index contributed by atoms with van der Waals surface area (Å²) in [5.41, 5.74) is 17.1. The monoisotopic (exact) mass is 738 g/mol. The van der Waals surface area contributed by atoms with Gasteiger partial charge in [0.1, 0.15) is 11.2 Å². The number of para-hydroxylation sites is 1. The van der Waals surface area contributed by atoms with Gasteiger partial charge in [0.15, 0.2) is 0 Å². The molecule has 0 bridgehead atoms. The van der Waals surface area contributed by atoms with Gasteiger partial charge < -0.3 is 4.42 Å². The molecule has 0 aliphatic heterocycles. The van der Waals surface area contributed by atoms with E-state index in [4.69, 9.17) is 4.42 Å². The van der Waals surface area contributed by atoms with E-state index in [-0.39, 0.29) is 5.41 Å². The molecular weight excluding hydrogens is 701 g/mol. The van der Waals surface area contributed by atoms with Crippen LogP contribution in [-0.4, -0.2) is 0 Å². The lowest BCUT2D eigenvalue weighted by atomic mass is 9.78. The minimum absolute atomic E-state index is 0.121. The average molecular weight is 739 g/mol. The van der Waals surface area contributed by atoms with Crippen molar-refractivity contribution < 1.29 is 4.42 Å².